The molecule has 9 heteroatoms. The third-order valence-electron chi connectivity index (χ3n) is 13.6. The Kier molecular flexibility index (Phi) is 8.56. The second-order valence-electron chi connectivity index (χ2n) is 17.6. The lowest BCUT2D eigenvalue weighted by Gasteiger charge is -2.13. The molecule has 7 nitrogen and oxygen atoms in total. The van der Waals surface area contributed by atoms with Crippen LogP contribution in [0.3, 0.4) is 0 Å². The predicted molar refractivity (Wildman–Crippen MR) is 292 cm³/mol. The largest absolute Gasteiger partial charge is 0.293 e. The summed E-state index contributed by atoms with van der Waals surface area (Å²) in [5, 5.41) is 9.32. The molecule has 15 rings (SSSR count). The molecule has 0 unspecified atom stereocenters. The number of thiophene rings is 2. The van der Waals surface area contributed by atoms with E-state index in [9.17, 15) is 0 Å². The highest BCUT2D eigenvalue weighted by atomic mass is 32.1. The van der Waals surface area contributed by atoms with Crippen molar-refractivity contribution in [1.82, 2.24) is 34.1 Å². The maximum atomic E-state index is 5.61. The molecule has 0 saturated heterocycles. The average molecular weight is 930 g/mol. The molecule has 0 aliphatic carbocycles. The van der Waals surface area contributed by atoms with Crippen molar-refractivity contribution in [1.29, 1.82) is 0 Å². The molecule has 0 atom stereocenters. The first-order valence-corrected chi connectivity index (χ1v) is 24.9. The molecule has 0 saturated carbocycles. The van der Waals surface area contributed by atoms with Crippen LogP contribution in [0.15, 0.2) is 212 Å². The van der Waals surface area contributed by atoms with E-state index in [2.05, 4.69) is 161 Å². The van der Waals surface area contributed by atoms with E-state index in [1.165, 1.54) is 40.3 Å². The topological polar surface area (TPSA) is 74.3 Å². The van der Waals surface area contributed by atoms with Gasteiger partial charge >= 0.3 is 0 Å². The Hall–Kier alpha value is -8.89. The van der Waals surface area contributed by atoms with Gasteiger partial charge in [-0.25, -0.2) is 15.0 Å². The van der Waals surface area contributed by atoms with E-state index in [0.29, 0.717) is 23.4 Å². The van der Waals surface area contributed by atoms with Gasteiger partial charge in [0, 0.05) is 90.2 Å². The number of aromatic nitrogens is 7. The fourth-order valence-electron chi connectivity index (χ4n) is 10.4. The minimum Gasteiger partial charge on any atom is -0.293 e. The van der Waals surface area contributed by atoms with E-state index >= 15 is 0 Å². The summed E-state index contributed by atoms with van der Waals surface area (Å²) in [4.78, 5) is 26.6. The number of fused-ring (bicyclic) bond motifs is 13. The van der Waals surface area contributed by atoms with Gasteiger partial charge in [-0.3, -0.25) is 9.13 Å². The third kappa shape index (κ3) is 6.02. The van der Waals surface area contributed by atoms with Crippen LogP contribution in [0.5, 0.6) is 0 Å². The maximum absolute atomic E-state index is 5.61. The van der Waals surface area contributed by atoms with Gasteiger partial charge in [0.1, 0.15) is 5.82 Å². The van der Waals surface area contributed by atoms with Crippen LogP contribution in [-0.4, -0.2) is 34.1 Å². The van der Waals surface area contributed by atoms with Gasteiger partial charge in [0.05, 0.1) is 27.8 Å². The van der Waals surface area contributed by atoms with Crippen LogP contribution < -0.4 is 0 Å². The number of benzene rings is 9. The van der Waals surface area contributed by atoms with E-state index in [-0.39, 0.29) is 0 Å². The van der Waals surface area contributed by atoms with Crippen molar-refractivity contribution in [2.75, 3.05) is 0 Å². The van der Waals surface area contributed by atoms with E-state index in [0.717, 1.165) is 77.4 Å². The molecule has 0 bridgehead atoms. The predicted octanol–water partition coefficient (Wildman–Crippen LogP) is 16.3. The fraction of sp³-hybridized carbons (Fsp3) is 0. The summed E-state index contributed by atoms with van der Waals surface area (Å²) in [6.45, 7) is 0. The second kappa shape index (κ2) is 15.3. The van der Waals surface area contributed by atoms with Gasteiger partial charge in [-0.15, -0.1) is 22.7 Å². The standard InChI is InChI=1S/C61H35N7S2/c1-3-15-36(16-4-1)58-64-59(37-17-5-2-6-18-37)66-61(65-58)67-49-24-12-8-22-44(49)56-50(67)30-29-43-40-19-7-11-23-48(40)68(57(43)56)55-35-47(38-27-31-53-45(33-38)41-20-9-13-25-51(41)69-53)62-60(63-55)39-28-32-54-46(34-39)42-21-10-14-26-52(42)70-54/h1-35H. The number of rotatable bonds is 6. The summed E-state index contributed by atoms with van der Waals surface area (Å²) in [6.07, 6.45) is 0. The first-order chi connectivity index (χ1) is 34.7. The van der Waals surface area contributed by atoms with E-state index in [1.54, 1.807) is 0 Å². The number of nitrogens with zero attached hydrogens (tertiary/aromatic N) is 7. The van der Waals surface area contributed by atoms with Gasteiger partial charge in [0.15, 0.2) is 17.5 Å². The molecule has 9 aromatic carbocycles. The van der Waals surface area contributed by atoms with Gasteiger partial charge in [-0.05, 0) is 60.7 Å². The molecule has 0 aliphatic rings. The zero-order valence-corrected chi connectivity index (χ0v) is 38.8. The fourth-order valence-corrected chi connectivity index (χ4v) is 12.6. The van der Waals surface area contributed by atoms with Gasteiger partial charge in [0.2, 0.25) is 5.95 Å². The van der Waals surface area contributed by atoms with E-state index in [4.69, 9.17) is 24.9 Å². The summed E-state index contributed by atoms with van der Waals surface area (Å²) in [7, 11) is 0. The molecule has 326 valence electrons. The molecule has 15 aromatic rings. The Labute approximate surface area is 407 Å². The van der Waals surface area contributed by atoms with Crippen LogP contribution in [0, 0.1) is 0 Å². The minimum atomic E-state index is 0.542. The first kappa shape index (κ1) is 39.1. The molecule has 0 N–H and O–H groups in total. The Morgan fingerprint density at radius 1 is 0.300 bits per heavy atom. The molecule has 0 radical (unpaired) electrons. The van der Waals surface area contributed by atoms with Crippen molar-refractivity contribution in [3.63, 3.8) is 0 Å². The smallest absolute Gasteiger partial charge is 0.238 e. The van der Waals surface area contributed by atoms with Gasteiger partial charge < -0.3 is 0 Å². The number of para-hydroxylation sites is 2. The van der Waals surface area contributed by atoms with Crippen molar-refractivity contribution in [2.24, 2.45) is 0 Å². The highest BCUT2D eigenvalue weighted by Crippen LogP contribution is 2.44. The molecule has 70 heavy (non-hydrogen) atoms. The lowest BCUT2D eigenvalue weighted by Crippen LogP contribution is -2.06. The molecular weight excluding hydrogens is 895 g/mol. The number of hydrogen-bond donors (Lipinski definition) is 0. The summed E-state index contributed by atoms with van der Waals surface area (Å²) in [6, 6.07) is 74.9. The SMILES string of the molecule is c1ccc(-c2nc(-c3ccccc3)nc(-n3c4ccccc4c4c3ccc3c5ccccc5n(-c5cc(-c6ccc7sc8ccccc8c7c6)nc(-c6ccc7sc8ccccc8c7c6)n5)c34)n2)cc1. The minimum absolute atomic E-state index is 0.542. The summed E-state index contributed by atoms with van der Waals surface area (Å²) < 4.78 is 9.58. The highest BCUT2D eigenvalue weighted by molar-refractivity contribution is 7.26. The van der Waals surface area contributed by atoms with Crippen molar-refractivity contribution in [3.05, 3.63) is 212 Å². The molecular formula is C61H35N7S2. The van der Waals surface area contributed by atoms with Crippen molar-refractivity contribution >= 4 is 107 Å². The molecule has 0 aliphatic heterocycles. The lowest BCUT2D eigenvalue weighted by atomic mass is 10.1. The quantitative estimate of drug-likeness (QED) is 0.166. The molecule has 0 amide bonds. The zero-order valence-electron chi connectivity index (χ0n) is 37.2. The Morgan fingerprint density at radius 2 is 0.814 bits per heavy atom. The van der Waals surface area contributed by atoms with Crippen LogP contribution >= 0.6 is 22.7 Å². The van der Waals surface area contributed by atoms with Crippen LogP contribution in [-0.2, 0) is 0 Å². The molecule has 0 fully saturated rings. The summed E-state index contributed by atoms with van der Waals surface area (Å²) >= 11 is 3.64. The van der Waals surface area contributed by atoms with Crippen molar-refractivity contribution in [2.45, 2.75) is 0 Å². The normalized spacial score (nSPS) is 12.0. The summed E-state index contributed by atoms with van der Waals surface area (Å²) in [5.41, 5.74) is 8.73. The Bertz CT molecular complexity index is 4420. The van der Waals surface area contributed by atoms with Crippen molar-refractivity contribution in [3.8, 4) is 57.2 Å². The van der Waals surface area contributed by atoms with E-state index < -0.39 is 0 Å². The van der Waals surface area contributed by atoms with Crippen LogP contribution in [0.4, 0.5) is 0 Å². The molecule has 0 spiro atoms. The van der Waals surface area contributed by atoms with Crippen LogP contribution in [0.25, 0.3) is 141 Å². The van der Waals surface area contributed by atoms with Crippen LogP contribution in [0.2, 0.25) is 0 Å². The van der Waals surface area contributed by atoms with E-state index in [1.807, 2.05) is 83.3 Å². The maximum Gasteiger partial charge on any atom is 0.238 e. The van der Waals surface area contributed by atoms with Crippen molar-refractivity contribution < 1.29 is 0 Å². The Balaban J connectivity index is 1.03. The first-order valence-electron chi connectivity index (χ1n) is 23.2. The lowest BCUT2D eigenvalue weighted by molar-refractivity contribution is 0.953. The van der Waals surface area contributed by atoms with Gasteiger partial charge in [-0.1, -0.05) is 146 Å². The zero-order chi connectivity index (χ0) is 45.9. The number of hydrogen-bond acceptors (Lipinski definition) is 7. The Morgan fingerprint density at radius 3 is 1.47 bits per heavy atom. The third-order valence-corrected chi connectivity index (χ3v) is 15.9. The summed E-state index contributed by atoms with van der Waals surface area (Å²) in [5.74, 6) is 3.19. The van der Waals surface area contributed by atoms with Crippen LogP contribution in [0.1, 0.15) is 0 Å². The molecule has 6 aromatic heterocycles. The monoisotopic (exact) mass is 929 g/mol. The highest BCUT2D eigenvalue weighted by Gasteiger charge is 2.24. The van der Waals surface area contributed by atoms with Gasteiger partial charge in [0.25, 0.3) is 0 Å². The van der Waals surface area contributed by atoms with Gasteiger partial charge in [-0.2, -0.15) is 9.97 Å². The second-order valence-corrected chi connectivity index (χ2v) is 19.8. The average Bonchev–Trinajstić information content (AvgIpc) is 4.19. The molecule has 6 heterocycles.